The van der Waals surface area contributed by atoms with Crippen LogP contribution in [0.5, 0.6) is 28.7 Å². The molecule has 10 heteroatoms. The Morgan fingerprint density at radius 3 is 2.46 bits per heavy atom. The lowest BCUT2D eigenvalue weighted by atomic mass is 9.86. The summed E-state index contributed by atoms with van der Waals surface area (Å²) in [6.45, 7) is -0.143. The van der Waals surface area contributed by atoms with Gasteiger partial charge in [-0.05, 0) is 6.07 Å². The van der Waals surface area contributed by atoms with Gasteiger partial charge in [-0.15, -0.1) is 0 Å². The first-order valence-corrected chi connectivity index (χ1v) is 8.77. The van der Waals surface area contributed by atoms with E-state index >= 15 is 0 Å². The number of phenols is 3. The van der Waals surface area contributed by atoms with Gasteiger partial charge < -0.3 is 24.8 Å². The average molecular weight is 384 g/mol. The van der Waals surface area contributed by atoms with Crippen LogP contribution in [-0.2, 0) is 14.6 Å². The minimum atomic E-state index is -4.90. The van der Waals surface area contributed by atoms with Crippen LogP contribution >= 0.6 is 0 Å². The summed E-state index contributed by atoms with van der Waals surface area (Å²) in [4.78, 5) is 0. The molecule has 0 radical (unpaired) electrons. The monoisotopic (exact) mass is 384 g/mol. The van der Waals surface area contributed by atoms with Crippen LogP contribution in [0.3, 0.4) is 0 Å². The number of rotatable bonds is 4. The van der Waals surface area contributed by atoms with E-state index in [2.05, 4.69) is 0 Å². The van der Waals surface area contributed by atoms with E-state index in [4.69, 9.17) is 18.2 Å². The predicted molar refractivity (Wildman–Crippen MR) is 88.0 cm³/mol. The van der Waals surface area contributed by atoms with Crippen molar-refractivity contribution < 1.29 is 41.9 Å². The Bertz CT molecular complexity index is 939. The fourth-order valence-corrected chi connectivity index (χ4v) is 3.43. The smallest absolute Gasteiger partial charge is 0.397 e. The minimum absolute atomic E-state index is 0.000372. The number of fused-ring (bicyclic) bond motifs is 1. The maximum Gasteiger partial charge on any atom is 0.397 e. The highest BCUT2D eigenvalue weighted by Gasteiger charge is 2.39. The van der Waals surface area contributed by atoms with Gasteiger partial charge in [-0.25, -0.2) is 4.18 Å². The normalized spacial score (nSPS) is 19.5. The third kappa shape index (κ3) is 3.47. The highest BCUT2D eigenvalue weighted by Crippen LogP contribution is 2.50. The highest BCUT2D eigenvalue weighted by atomic mass is 32.3. The van der Waals surface area contributed by atoms with Gasteiger partial charge in [-0.2, -0.15) is 8.42 Å². The van der Waals surface area contributed by atoms with Gasteiger partial charge in [0.25, 0.3) is 0 Å². The van der Waals surface area contributed by atoms with Gasteiger partial charge in [0.05, 0.1) is 25.2 Å². The number of phenolic OH excluding ortho intramolecular Hbond substituents is 3. The molecule has 2 aromatic carbocycles. The third-order valence-corrected chi connectivity index (χ3v) is 4.49. The Morgan fingerprint density at radius 2 is 1.85 bits per heavy atom. The summed E-state index contributed by atoms with van der Waals surface area (Å²) in [5, 5.41) is 30.0. The number of hydrogen-bond donors (Lipinski definition) is 4. The second kappa shape index (κ2) is 6.56. The van der Waals surface area contributed by atoms with Crippen molar-refractivity contribution in [2.24, 2.45) is 0 Å². The fourth-order valence-electron chi connectivity index (χ4n) is 2.93. The minimum Gasteiger partial charge on any atom is -0.508 e. The van der Waals surface area contributed by atoms with Crippen molar-refractivity contribution in [1.82, 2.24) is 0 Å². The Labute approximate surface area is 149 Å². The van der Waals surface area contributed by atoms with Gasteiger partial charge in [0.2, 0.25) is 0 Å². The first-order chi connectivity index (χ1) is 12.2. The van der Waals surface area contributed by atoms with Crippen molar-refractivity contribution in [1.29, 1.82) is 0 Å². The number of methoxy groups -OCH3 is 1. The van der Waals surface area contributed by atoms with Crippen LogP contribution in [0.25, 0.3) is 0 Å². The maximum atomic E-state index is 11.3. The molecule has 2 atom stereocenters. The van der Waals surface area contributed by atoms with Gasteiger partial charge in [0, 0.05) is 23.8 Å². The molecule has 3 rings (SSSR count). The van der Waals surface area contributed by atoms with Crippen LogP contribution in [0, 0.1) is 0 Å². The lowest BCUT2D eigenvalue weighted by Gasteiger charge is -2.33. The molecule has 0 saturated heterocycles. The van der Waals surface area contributed by atoms with Crippen LogP contribution in [0.1, 0.15) is 23.1 Å². The van der Waals surface area contributed by atoms with E-state index in [0.717, 1.165) is 6.07 Å². The Morgan fingerprint density at radius 1 is 1.12 bits per heavy atom. The summed E-state index contributed by atoms with van der Waals surface area (Å²) in [5.41, 5.74) is 0.185. The van der Waals surface area contributed by atoms with Gasteiger partial charge in [-0.3, -0.25) is 4.55 Å². The van der Waals surface area contributed by atoms with E-state index in [1.807, 2.05) is 0 Å². The van der Waals surface area contributed by atoms with Crippen LogP contribution in [0.2, 0.25) is 0 Å². The SMILES string of the molecule is COc1ccc(C2COc3cc(O)cc(O)c3C2OS(=O)(=O)O)c(O)c1. The molecule has 1 aliphatic rings. The Balaban J connectivity index is 2.13. The van der Waals surface area contributed by atoms with Gasteiger partial charge >= 0.3 is 10.4 Å². The van der Waals surface area contributed by atoms with E-state index in [1.54, 1.807) is 6.07 Å². The number of benzene rings is 2. The molecule has 26 heavy (non-hydrogen) atoms. The molecule has 140 valence electrons. The molecule has 0 spiro atoms. The molecule has 4 N–H and O–H groups in total. The standard InChI is InChI=1S/C16H16O9S/c1-23-9-2-3-10(12(18)6-9)11-7-24-14-5-8(17)4-13(19)15(14)16(11)25-26(20,21)22/h2-6,11,16-19H,7H2,1H3,(H,20,21,22). The zero-order chi connectivity index (χ0) is 19.1. The highest BCUT2D eigenvalue weighted by molar-refractivity contribution is 7.80. The van der Waals surface area contributed by atoms with E-state index in [1.165, 1.54) is 25.3 Å². The molecule has 0 fully saturated rings. The summed E-state index contributed by atoms with van der Waals surface area (Å²) in [7, 11) is -3.48. The van der Waals surface area contributed by atoms with Crippen LogP contribution in [-0.4, -0.2) is 42.0 Å². The summed E-state index contributed by atoms with van der Waals surface area (Å²) < 4.78 is 47.1. The molecule has 1 heterocycles. The van der Waals surface area contributed by atoms with Crippen molar-refractivity contribution in [2.75, 3.05) is 13.7 Å². The summed E-state index contributed by atoms with van der Waals surface area (Å²) in [6.07, 6.45) is -1.39. The second-order valence-electron chi connectivity index (χ2n) is 5.66. The molecule has 0 amide bonds. The first kappa shape index (κ1) is 18.1. The van der Waals surface area contributed by atoms with E-state index in [9.17, 15) is 23.7 Å². The molecule has 9 nitrogen and oxygen atoms in total. The molecular formula is C16H16O9S. The quantitative estimate of drug-likeness (QED) is 0.581. The lowest BCUT2D eigenvalue weighted by molar-refractivity contribution is 0.0979. The summed E-state index contributed by atoms with van der Waals surface area (Å²) in [6, 6.07) is 6.53. The maximum absolute atomic E-state index is 11.3. The number of aromatic hydroxyl groups is 3. The molecule has 0 bridgehead atoms. The number of ether oxygens (including phenoxy) is 2. The molecule has 2 aromatic rings. The molecule has 0 aliphatic carbocycles. The van der Waals surface area contributed by atoms with Crippen LogP contribution in [0.4, 0.5) is 0 Å². The number of hydrogen-bond acceptors (Lipinski definition) is 8. The Kier molecular flexibility index (Phi) is 4.57. The zero-order valence-corrected chi connectivity index (χ0v) is 14.3. The van der Waals surface area contributed by atoms with E-state index in [0.29, 0.717) is 5.75 Å². The molecule has 0 aromatic heterocycles. The predicted octanol–water partition coefficient (Wildman–Crippen LogP) is 1.85. The van der Waals surface area contributed by atoms with Gasteiger partial charge in [0.1, 0.15) is 34.9 Å². The van der Waals surface area contributed by atoms with Crippen molar-refractivity contribution in [3.63, 3.8) is 0 Å². The topological polar surface area (TPSA) is 143 Å². The summed E-state index contributed by atoms with van der Waals surface area (Å²) in [5.74, 6) is -1.48. The van der Waals surface area contributed by atoms with Crippen LogP contribution < -0.4 is 9.47 Å². The van der Waals surface area contributed by atoms with Crippen molar-refractivity contribution in [2.45, 2.75) is 12.0 Å². The van der Waals surface area contributed by atoms with Gasteiger partial charge in [0.15, 0.2) is 0 Å². The second-order valence-corrected chi connectivity index (χ2v) is 6.71. The molecule has 1 aliphatic heterocycles. The molecular weight excluding hydrogens is 368 g/mol. The molecule has 0 saturated carbocycles. The van der Waals surface area contributed by atoms with E-state index < -0.39 is 28.2 Å². The average Bonchev–Trinajstić information content (AvgIpc) is 2.53. The summed E-state index contributed by atoms with van der Waals surface area (Å²) >= 11 is 0. The van der Waals surface area contributed by atoms with Crippen LogP contribution in [0.15, 0.2) is 30.3 Å². The first-order valence-electron chi connectivity index (χ1n) is 7.41. The largest absolute Gasteiger partial charge is 0.508 e. The van der Waals surface area contributed by atoms with Crippen molar-refractivity contribution >= 4 is 10.4 Å². The van der Waals surface area contributed by atoms with E-state index in [-0.39, 0.29) is 35.0 Å². The fraction of sp³-hybridized carbons (Fsp3) is 0.250. The van der Waals surface area contributed by atoms with Crippen molar-refractivity contribution in [3.8, 4) is 28.7 Å². The Hall–Kier alpha value is -2.69. The van der Waals surface area contributed by atoms with Crippen molar-refractivity contribution in [3.05, 3.63) is 41.5 Å². The molecule has 2 unspecified atom stereocenters. The lowest BCUT2D eigenvalue weighted by Crippen LogP contribution is -2.28. The third-order valence-electron chi connectivity index (χ3n) is 4.04. The van der Waals surface area contributed by atoms with Gasteiger partial charge in [-0.1, -0.05) is 6.07 Å². The zero-order valence-electron chi connectivity index (χ0n) is 13.5.